The summed E-state index contributed by atoms with van der Waals surface area (Å²) in [4.78, 5) is 37.7. The normalized spacial score (nSPS) is 11.1. The molecule has 5 rings (SSSR count). The van der Waals surface area contributed by atoms with Crippen molar-refractivity contribution < 1.29 is 4.79 Å². The first-order valence-electron chi connectivity index (χ1n) is 9.76. The van der Waals surface area contributed by atoms with Crippen LogP contribution in [0.4, 0.5) is 11.4 Å². The fraction of sp³-hybridized carbons (Fsp3) is 0.0417. The SMILES string of the molecule is CN(C(=O)c1ccc2c(N)c(-c3nc4ccccc4[nH]c3=O)[nH]c2c1)c1ccccc1. The Morgan fingerprint density at radius 1 is 0.935 bits per heavy atom. The second-order valence-electron chi connectivity index (χ2n) is 7.31. The fourth-order valence-corrected chi connectivity index (χ4v) is 3.70. The average molecular weight is 409 g/mol. The molecule has 2 heterocycles. The van der Waals surface area contributed by atoms with Gasteiger partial charge in [0.1, 0.15) is 0 Å². The van der Waals surface area contributed by atoms with E-state index in [9.17, 15) is 9.59 Å². The van der Waals surface area contributed by atoms with Crippen LogP contribution in [0.2, 0.25) is 0 Å². The molecule has 4 N–H and O–H groups in total. The van der Waals surface area contributed by atoms with Crippen molar-refractivity contribution in [2.75, 3.05) is 17.7 Å². The number of hydrogen-bond donors (Lipinski definition) is 3. The van der Waals surface area contributed by atoms with Crippen molar-refractivity contribution in [3.05, 3.63) is 88.7 Å². The Kier molecular flexibility index (Phi) is 4.29. The number of para-hydroxylation sites is 3. The number of aromatic amines is 2. The minimum Gasteiger partial charge on any atom is -0.396 e. The molecule has 0 radical (unpaired) electrons. The molecule has 0 atom stereocenters. The third kappa shape index (κ3) is 3.12. The lowest BCUT2D eigenvalue weighted by Gasteiger charge is -2.17. The first kappa shape index (κ1) is 18.6. The zero-order valence-corrected chi connectivity index (χ0v) is 16.7. The number of nitrogens with two attached hydrogens (primary N) is 1. The highest BCUT2D eigenvalue weighted by Crippen LogP contribution is 2.31. The quantitative estimate of drug-likeness (QED) is 0.419. The molecule has 7 heteroatoms. The molecule has 0 saturated heterocycles. The highest BCUT2D eigenvalue weighted by atomic mass is 16.2. The maximum atomic E-state index is 13.0. The lowest BCUT2D eigenvalue weighted by Crippen LogP contribution is -2.26. The zero-order chi connectivity index (χ0) is 21.5. The third-order valence-electron chi connectivity index (χ3n) is 5.37. The first-order chi connectivity index (χ1) is 15.0. The van der Waals surface area contributed by atoms with Gasteiger partial charge in [0, 0.05) is 29.2 Å². The molecule has 0 saturated carbocycles. The number of benzene rings is 3. The Hall–Kier alpha value is -4.39. The van der Waals surface area contributed by atoms with E-state index >= 15 is 0 Å². The molecule has 0 aliphatic heterocycles. The van der Waals surface area contributed by atoms with Gasteiger partial charge in [-0.25, -0.2) is 4.98 Å². The van der Waals surface area contributed by atoms with Crippen LogP contribution in [0, 0.1) is 0 Å². The topological polar surface area (TPSA) is 108 Å². The molecule has 1 amide bonds. The van der Waals surface area contributed by atoms with E-state index in [0.29, 0.717) is 33.5 Å². The Morgan fingerprint density at radius 2 is 1.68 bits per heavy atom. The number of H-pyrrole nitrogens is 2. The van der Waals surface area contributed by atoms with E-state index in [0.717, 1.165) is 11.1 Å². The van der Waals surface area contributed by atoms with Crippen LogP contribution < -0.4 is 16.2 Å². The maximum Gasteiger partial charge on any atom is 0.276 e. The van der Waals surface area contributed by atoms with Gasteiger partial charge in [0.2, 0.25) is 0 Å². The van der Waals surface area contributed by atoms with Crippen molar-refractivity contribution in [2.45, 2.75) is 0 Å². The Morgan fingerprint density at radius 3 is 2.48 bits per heavy atom. The predicted molar refractivity (Wildman–Crippen MR) is 123 cm³/mol. The van der Waals surface area contributed by atoms with Gasteiger partial charge >= 0.3 is 0 Å². The summed E-state index contributed by atoms with van der Waals surface area (Å²) in [5.41, 5.74) is 10.3. The molecule has 2 aromatic heterocycles. The van der Waals surface area contributed by atoms with Crippen LogP contribution in [0.5, 0.6) is 0 Å². The van der Waals surface area contributed by atoms with E-state index in [1.54, 1.807) is 36.2 Å². The molecule has 31 heavy (non-hydrogen) atoms. The molecule has 0 unspecified atom stereocenters. The minimum absolute atomic E-state index is 0.149. The number of nitrogen functional groups attached to an aromatic ring is 1. The third-order valence-corrected chi connectivity index (χ3v) is 5.37. The van der Waals surface area contributed by atoms with E-state index in [4.69, 9.17) is 5.73 Å². The molecule has 0 fully saturated rings. The molecule has 5 aromatic rings. The number of hydrogen-bond acceptors (Lipinski definition) is 4. The molecule has 0 spiro atoms. The van der Waals surface area contributed by atoms with Crippen molar-refractivity contribution in [1.82, 2.24) is 15.0 Å². The molecule has 0 aliphatic carbocycles. The standard InChI is InChI=1S/C24H19N5O2/c1-29(15-7-3-2-4-8-15)24(31)14-11-12-16-19(13-14)27-21(20(16)25)22-23(30)28-18-10-6-5-9-17(18)26-22/h2-13,27H,25H2,1H3,(H,28,30). The Bertz CT molecular complexity index is 1500. The smallest absolute Gasteiger partial charge is 0.276 e. The van der Waals surface area contributed by atoms with Crippen LogP contribution in [0.15, 0.2) is 77.6 Å². The summed E-state index contributed by atoms with van der Waals surface area (Å²) in [5.74, 6) is -0.149. The van der Waals surface area contributed by atoms with Crippen molar-refractivity contribution in [1.29, 1.82) is 0 Å². The second kappa shape index (κ2) is 7.14. The number of nitrogens with one attached hydrogen (secondary N) is 2. The van der Waals surface area contributed by atoms with Gasteiger partial charge in [0.25, 0.3) is 11.5 Å². The van der Waals surface area contributed by atoms with Gasteiger partial charge in [0.15, 0.2) is 5.69 Å². The molecule has 3 aromatic carbocycles. The Balaban J connectivity index is 1.59. The number of anilines is 2. The van der Waals surface area contributed by atoms with Crippen LogP contribution in [0.1, 0.15) is 10.4 Å². The minimum atomic E-state index is -0.336. The van der Waals surface area contributed by atoms with Gasteiger partial charge in [0.05, 0.1) is 22.4 Å². The maximum absolute atomic E-state index is 13.0. The number of amides is 1. The van der Waals surface area contributed by atoms with Crippen LogP contribution in [-0.2, 0) is 0 Å². The van der Waals surface area contributed by atoms with Crippen molar-refractivity contribution >= 4 is 39.2 Å². The van der Waals surface area contributed by atoms with Gasteiger partial charge in [-0.15, -0.1) is 0 Å². The van der Waals surface area contributed by atoms with Crippen LogP contribution >= 0.6 is 0 Å². The number of nitrogens with zero attached hydrogens (tertiary/aromatic N) is 2. The van der Waals surface area contributed by atoms with Crippen LogP contribution in [0.25, 0.3) is 33.3 Å². The van der Waals surface area contributed by atoms with Crippen LogP contribution in [0.3, 0.4) is 0 Å². The highest BCUT2D eigenvalue weighted by molar-refractivity contribution is 6.09. The molecule has 0 aliphatic rings. The predicted octanol–water partition coefficient (Wildman–Crippen LogP) is 3.93. The van der Waals surface area contributed by atoms with E-state index < -0.39 is 0 Å². The van der Waals surface area contributed by atoms with E-state index in [-0.39, 0.29) is 17.2 Å². The Labute approximate surface area is 177 Å². The van der Waals surface area contributed by atoms with Gasteiger partial charge in [-0.3, -0.25) is 9.59 Å². The monoisotopic (exact) mass is 409 g/mol. The summed E-state index contributed by atoms with van der Waals surface area (Å²) < 4.78 is 0. The molecule has 152 valence electrons. The second-order valence-corrected chi connectivity index (χ2v) is 7.31. The summed E-state index contributed by atoms with van der Waals surface area (Å²) in [6, 6.07) is 22.0. The number of fused-ring (bicyclic) bond motifs is 2. The first-order valence-corrected chi connectivity index (χ1v) is 9.76. The summed E-state index contributed by atoms with van der Waals surface area (Å²) in [7, 11) is 1.73. The van der Waals surface area contributed by atoms with E-state index in [2.05, 4.69) is 15.0 Å². The number of carbonyl (C=O) groups is 1. The van der Waals surface area contributed by atoms with E-state index in [1.165, 1.54) is 0 Å². The molecule has 0 bridgehead atoms. The molecular formula is C24H19N5O2. The van der Waals surface area contributed by atoms with Gasteiger partial charge < -0.3 is 20.6 Å². The van der Waals surface area contributed by atoms with Gasteiger partial charge in [-0.05, 0) is 42.5 Å². The number of aromatic nitrogens is 3. The van der Waals surface area contributed by atoms with Gasteiger partial charge in [-0.2, -0.15) is 0 Å². The highest BCUT2D eigenvalue weighted by Gasteiger charge is 2.19. The average Bonchev–Trinajstić information content (AvgIpc) is 3.13. The lowest BCUT2D eigenvalue weighted by atomic mass is 10.1. The fourth-order valence-electron chi connectivity index (χ4n) is 3.70. The van der Waals surface area contributed by atoms with Gasteiger partial charge in [-0.1, -0.05) is 30.3 Å². The molecular weight excluding hydrogens is 390 g/mol. The number of carbonyl (C=O) groups excluding carboxylic acids is 1. The van der Waals surface area contributed by atoms with Crippen molar-refractivity contribution in [2.24, 2.45) is 0 Å². The molecule has 7 nitrogen and oxygen atoms in total. The van der Waals surface area contributed by atoms with E-state index in [1.807, 2.05) is 48.5 Å². The zero-order valence-electron chi connectivity index (χ0n) is 16.7. The summed E-state index contributed by atoms with van der Waals surface area (Å²) in [6.07, 6.45) is 0. The summed E-state index contributed by atoms with van der Waals surface area (Å²) in [6.45, 7) is 0. The van der Waals surface area contributed by atoms with Crippen molar-refractivity contribution in [3.63, 3.8) is 0 Å². The van der Waals surface area contributed by atoms with Crippen LogP contribution in [-0.4, -0.2) is 27.9 Å². The van der Waals surface area contributed by atoms with Crippen molar-refractivity contribution in [3.8, 4) is 11.4 Å². The summed E-state index contributed by atoms with van der Waals surface area (Å²) >= 11 is 0. The lowest BCUT2D eigenvalue weighted by molar-refractivity contribution is 0.0993. The largest absolute Gasteiger partial charge is 0.396 e. The number of rotatable bonds is 3. The summed E-state index contributed by atoms with van der Waals surface area (Å²) in [5, 5.41) is 0.725.